The number of carbonyl (C=O) groups excluding carboxylic acids is 1. The quantitative estimate of drug-likeness (QED) is 0.861. The monoisotopic (exact) mass is 313 g/mol. The van der Waals surface area contributed by atoms with Gasteiger partial charge in [-0.1, -0.05) is 0 Å². The maximum atomic E-state index is 12.9. The van der Waals surface area contributed by atoms with Gasteiger partial charge in [0, 0.05) is 37.3 Å². The second-order valence-electron chi connectivity index (χ2n) is 6.18. The number of hydrogen-bond donors (Lipinski definition) is 1. The molecule has 0 fully saturated rings. The van der Waals surface area contributed by atoms with Crippen LogP contribution in [0.4, 0.5) is 0 Å². The molecule has 7 heteroatoms. The van der Waals surface area contributed by atoms with Crippen LogP contribution in [-0.2, 0) is 24.1 Å². The Labute approximate surface area is 134 Å². The van der Waals surface area contributed by atoms with Gasteiger partial charge in [-0.3, -0.25) is 19.9 Å². The number of fused-ring (bicyclic) bond motifs is 2. The molecule has 120 valence electrons. The maximum absolute atomic E-state index is 12.9. The van der Waals surface area contributed by atoms with Crippen LogP contribution >= 0.6 is 0 Å². The van der Waals surface area contributed by atoms with Crippen LogP contribution < -0.4 is 0 Å². The smallest absolute Gasteiger partial charge is 0.275 e. The van der Waals surface area contributed by atoms with Crippen LogP contribution in [0.15, 0.2) is 12.4 Å². The van der Waals surface area contributed by atoms with E-state index in [0.29, 0.717) is 25.2 Å². The SMILES string of the molecule is C[C@@H]1Cc2c(C(=O)N3CCc4nccnc4C3)n[nH]c2[C@H](C)O1. The number of H-pyrrole nitrogens is 1. The zero-order chi connectivity index (χ0) is 16.0. The lowest BCUT2D eigenvalue weighted by atomic mass is 9.99. The summed E-state index contributed by atoms with van der Waals surface area (Å²) in [5, 5.41) is 7.27. The molecule has 0 saturated heterocycles. The molecule has 0 saturated carbocycles. The third-order valence-electron chi connectivity index (χ3n) is 4.54. The van der Waals surface area contributed by atoms with Gasteiger partial charge >= 0.3 is 0 Å². The Morgan fingerprint density at radius 3 is 2.91 bits per heavy atom. The van der Waals surface area contributed by atoms with Gasteiger partial charge in [-0.25, -0.2) is 0 Å². The van der Waals surface area contributed by atoms with Gasteiger partial charge < -0.3 is 9.64 Å². The highest BCUT2D eigenvalue weighted by atomic mass is 16.5. The molecule has 1 N–H and O–H groups in total. The van der Waals surface area contributed by atoms with Crippen molar-refractivity contribution in [3.8, 4) is 0 Å². The molecular formula is C16H19N5O2. The number of amides is 1. The summed E-state index contributed by atoms with van der Waals surface area (Å²) < 4.78 is 5.78. The Hall–Kier alpha value is -2.28. The van der Waals surface area contributed by atoms with Gasteiger partial charge in [0.1, 0.15) is 0 Å². The number of hydrogen-bond acceptors (Lipinski definition) is 5. The first-order valence-corrected chi connectivity index (χ1v) is 7.94. The van der Waals surface area contributed by atoms with E-state index in [-0.39, 0.29) is 18.1 Å². The molecule has 0 aliphatic carbocycles. The topological polar surface area (TPSA) is 84.0 Å². The van der Waals surface area contributed by atoms with Crippen molar-refractivity contribution in [3.05, 3.63) is 40.7 Å². The second-order valence-corrected chi connectivity index (χ2v) is 6.18. The molecule has 2 aromatic rings. The fraction of sp³-hybridized carbons (Fsp3) is 0.500. The summed E-state index contributed by atoms with van der Waals surface area (Å²) in [5.74, 6) is -0.0416. The lowest BCUT2D eigenvalue weighted by Gasteiger charge is -2.28. The fourth-order valence-electron chi connectivity index (χ4n) is 3.41. The van der Waals surface area contributed by atoms with Crippen LogP contribution in [0.25, 0.3) is 0 Å². The van der Waals surface area contributed by atoms with E-state index in [1.54, 1.807) is 17.3 Å². The van der Waals surface area contributed by atoms with Crippen LogP contribution in [0, 0.1) is 0 Å². The Bertz CT molecular complexity index is 757. The largest absolute Gasteiger partial charge is 0.369 e. The summed E-state index contributed by atoms with van der Waals surface area (Å²) in [6.45, 7) is 5.14. The number of rotatable bonds is 1. The molecule has 0 bridgehead atoms. The summed E-state index contributed by atoms with van der Waals surface area (Å²) in [6, 6.07) is 0. The molecule has 7 nitrogen and oxygen atoms in total. The van der Waals surface area contributed by atoms with Crippen molar-refractivity contribution < 1.29 is 9.53 Å². The predicted molar refractivity (Wildman–Crippen MR) is 81.7 cm³/mol. The minimum atomic E-state index is -0.0595. The summed E-state index contributed by atoms with van der Waals surface area (Å²) in [4.78, 5) is 23.4. The Balaban J connectivity index is 1.62. The molecular weight excluding hydrogens is 294 g/mol. The molecule has 4 rings (SSSR count). The van der Waals surface area contributed by atoms with Crippen LogP contribution in [0.5, 0.6) is 0 Å². The van der Waals surface area contributed by atoms with Crippen molar-refractivity contribution >= 4 is 5.91 Å². The van der Waals surface area contributed by atoms with Crippen LogP contribution in [0.1, 0.15) is 53.1 Å². The van der Waals surface area contributed by atoms with E-state index in [1.807, 2.05) is 13.8 Å². The average Bonchev–Trinajstić information content (AvgIpc) is 2.97. The molecule has 0 aromatic carbocycles. The highest BCUT2D eigenvalue weighted by Gasteiger charge is 2.32. The van der Waals surface area contributed by atoms with E-state index in [4.69, 9.17) is 4.74 Å². The van der Waals surface area contributed by atoms with Crippen molar-refractivity contribution in [2.24, 2.45) is 0 Å². The van der Waals surface area contributed by atoms with Gasteiger partial charge in [0.15, 0.2) is 5.69 Å². The van der Waals surface area contributed by atoms with Crippen molar-refractivity contribution in [1.29, 1.82) is 0 Å². The fourth-order valence-corrected chi connectivity index (χ4v) is 3.41. The van der Waals surface area contributed by atoms with Gasteiger partial charge in [-0.05, 0) is 13.8 Å². The third-order valence-corrected chi connectivity index (χ3v) is 4.54. The Morgan fingerprint density at radius 2 is 2.09 bits per heavy atom. The summed E-state index contributed by atoms with van der Waals surface area (Å²) in [5.41, 5.74) is 4.29. The van der Waals surface area contributed by atoms with Gasteiger partial charge in [-0.2, -0.15) is 5.10 Å². The average molecular weight is 313 g/mol. The number of ether oxygens (including phenoxy) is 1. The van der Waals surface area contributed by atoms with Gasteiger partial charge in [0.2, 0.25) is 0 Å². The minimum Gasteiger partial charge on any atom is -0.369 e. The molecule has 23 heavy (non-hydrogen) atoms. The molecule has 2 aromatic heterocycles. The number of nitrogens with one attached hydrogen (secondary N) is 1. The molecule has 1 amide bonds. The van der Waals surface area contributed by atoms with Crippen LogP contribution in [-0.4, -0.2) is 43.6 Å². The minimum absolute atomic E-state index is 0.0416. The highest BCUT2D eigenvalue weighted by Crippen LogP contribution is 2.31. The zero-order valence-corrected chi connectivity index (χ0v) is 13.2. The van der Waals surface area contributed by atoms with Crippen molar-refractivity contribution in [2.75, 3.05) is 6.54 Å². The molecule has 0 spiro atoms. The Kier molecular flexibility index (Phi) is 3.37. The molecule has 2 aliphatic rings. The summed E-state index contributed by atoms with van der Waals surface area (Å²) in [7, 11) is 0. The van der Waals surface area contributed by atoms with E-state index in [9.17, 15) is 4.79 Å². The van der Waals surface area contributed by atoms with Crippen LogP contribution in [0.2, 0.25) is 0 Å². The molecule has 0 unspecified atom stereocenters. The maximum Gasteiger partial charge on any atom is 0.275 e. The van der Waals surface area contributed by atoms with E-state index in [2.05, 4.69) is 20.2 Å². The Morgan fingerprint density at radius 1 is 1.30 bits per heavy atom. The third kappa shape index (κ3) is 2.41. The predicted octanol–water partition coefficient (Wildman–Crippen LogP) is 1.42. The van der Waals surface area contributed by atoms with Gasteiger partial charge in [0.05, 0.1) is 35.8 Å². The molecule has 2 aliphatic heterocycles. The number of aromatic amines is 1. The van der Waals surface area contributed by atoms with E-state index < -0.39 is 0 Å². The number of nitrogens with zero attached hydrogens (tertiary/aromatic N) is 4. The van der Waals surface area contributed by atoms with E-state index in [1.165, 1.54) is 0 Å². The summed E-state index contributed by atoms with van der Waals surface area (Å²) >= 11 is 0. The van der Waals surface area contributed by atoms with Crippen molar-refractivity contribution in [3.63, 3.8) is 0 Å². The molecule has 0 radical (unpaired) electrons. The highest BCUT2D eigenvalue weighted by molar-refractivity contribution is 5.94. The van der Waals surface area contributed by atoms with Crippen molar-refractivity contribution in [1.82, 2.24) is 25.1 Å². The van der Waals surface area contributed by atoms with Gasteiger partial charge in [0.25, 0.3) is 5.91 Å². The first-order valence-electron chi connectivity index (χ1n) is 7.94. The second kappa shape index (κ2) is 5.42. The first-order chi connectivity index (χ1) is 11.1. The number of aromatic nitrogens is 4. The van der Waals surface area contributed by atoms with Crippen molar-refractivity contribution in [2.45, 2.75) is 45.4 Å². The van der Waals surface area contributed by atoms with Gasteiger partial charge in [-0.15, -0.1) is 0 Å². The molecule has 2 atom stereocenters. The van der Waals surface area contributed by atoms with Crippen LogP contribution in [0.3, 0.4) is 0 Å². The zero-order valence-electron chi connectivity index (χ0n) is 13.2. The first kappa shape index (κ1) is 14.3. The lowest BCUT2D eigenvalue weighted by Crippen LogP contribution is -2.37. The van der Waals surface area contributed by atoms with E-state index >= 15 is 0 Å². The van der Waals surface area contributed by atoms with E-state index in [0.717, 1.165) is 29.1 Å². The lowest BCUT2D eigenvalue weighted by molar-refractivity contribution is -0.00702. The molecule has 4 heterocycles. The normalized spacial score (nSPS) is 23.3. The summed E-state index contributed by atoms with van der Waals surface area (Å²) in [6.07, 6.45) is 4.84. The number of carbonyl (C=O) groups is 1. The standard InChI is InChI=1S/C16H19N5O2/c1-9-7-11-14(10(2)23-9)19-20-15(11)16(22)21-6-3-12-13(8-21)18-5-4-17-12/h4-5,9-10H,3,6-8H2,1-2H3,(H,19,20)/t9-,10+/m1/s1.